The summed E-state index contributed by atoms with van der Waals surface area (Å²) in [7, 11) is -3.08. The Kier molecular flexibility index (Phi) is 6.44. The maximum atomic E-state index is 12.3. The maximum absolute atomic E-state index is 12.3. The fraction of sp³-hybridized carbons (Fsp3) is 1.00. The van der Waals surface area contributed by atoms with E-state index in [0.29, 0.717) is 24.3 Å². The van der Waals surface area contributed by atoms with Crippen LogP contribution in [0.3, 0.4) is 0 Å². The average molecular weight is 294 g/mol. The molecule has 6 heteroatoms. The summed E-state index contributed by atoms with van der Waals surface area (Å²) in [4.78, 5) is 0. The molecule has 0 bridgehead atoms. The Hall–Kier alpha value is 0.220. The molecule has 0 aromatic carbocycles. The second-order valence-corrected chi connectivity index (χ2v) is 8.73. The Balaban J connectivity index is 2.47. The van der Waals surface area contributed by atoms with E-state index >= 15 is 0 Å². The van der Waals surface area contributed by atoms with Gasteiger partial charge in [-0.1, -0.05) is 20.8 Å². The van der Waals surface area contributed by atoms with E-state index in [9.17, 15) is 8.42 Å². The third-order valence-corrected chi connectivity index (χ3v) is 6.69. The van der Waals surface area contributed by atoms with Crippen molar-refractivity contribution >= 4 is 21.8 Å². The van der Waals surface area contributed by atoms with Crippen molar-refractivity contribution in [1.82, 2.24) is 9.62 Å². The van der Waals surface area contributed by atoms with Gasteiger partial charge in [0.15, 0.2) is 0 Å². The molecule has 0 aromatic heterocycles. The smallest absolute Gasteiger partial charge is 0.214 e. The van der Waals surface area contributed by atoms with E-state index in [1.54, 1.807) is 4.31 Å². The highest BCUT2D eigenvalue weighted by Crippen LogP contribution is 2.26. The van der Waals surface area contributed by atoms with Gasteiger partial charge in [0.2, 0.25) is 10.0 Å². The zero-order valence-corrected chi connectivity index (χ0v) is 13.5. The van der Waals surface area contributed by atoms with Crippen LogP contribution < -0.4 is 5.32 Å². The summed E-state index contributed by atoms with van der Waals surface area (Å²) in [6.07, 6.45) is 0.686. The van der Waals surface area contributed by atoms with E-state index < -0.39 is 10.0 Å². The summed E-state index contributed by atoms with van der Waals surface area (Å²) in [5.74, 6) is 1.17. The number of nitrogens with zero attached hydrogens (tertiary/aromatic N) is 1. The van der Waals surface area contributed by atoms with Gasteiger partial charge >= 0.3 is 0 Å². The van der Waals surface area contributed by atoms with Gasteiger partial charge in [0.25, 0.3) is 0 Å². The van der Waals surface area contributed by atoms with Crippen LogP contribution in [0.2, 0.25) is 0 Å². The molecule has 1 aliphatic rings. The van der Waals surface area contributed by atoms with Crippen molar-refractivity contribution < 1.29 is 8.42 Å². The van der Waals surface area contributed by atoms with Gasteiger partial charge in [-0.3, -0.25) is 0 Å². The van der Waals surface area contributed by atoms with Crippen LogP contribution in [0, 0.1) is 0 Å². The quantitative estimate of drug-likeness (QED) is 0.755. The molecule has 0 saturated carbocycles. The van der Waals surface area contributed by atoms with Crippen LogP contribution in [0.5, 0.6) is 0 Å². The van der Waals surface area contributed by atoms with Crippen LogP contribution in [0.25, 0.3) is 0 Å². The molecule has 2 unspecified atom stereocenters. The molecule has 108 valence electrons. The number of hydrogen-bond acceptors (Lipinski definition) is 4. The van der Waals surface area contributed by atoms with Crippen LogP contribution in [-0.4, -0.2) is 54.7 Å². The van der Waals surface area contributed by atoms with E-state index in [-0.39, 0.29) is 11.8 Å². The minimum absolute atomic E-state index is 0.117. The van der Waals surface area contributed by atoms with E-state index in [1.807, 2.05) is 18.7 Å². The molecule has 1 aliphatic heterocycles. The SMILES string of the molecule is CC(C)NCCCS(=O)(=O)N1CCSC(C)C1C. The van der Waals surface area contributed by atoms with E-state index in [2.05, 4.69) is 26.1 Å². The Bertz CT molecular complexity index is 344. The van der Waals surface area contributed by atoms with E-state index in [0.717, 1.165) is 12.3 Å². The molecule has 18 heavy (non-hydrogen) atoms. The van der Waals surface area contributed by atoms with Crippen LogP contribution in [0.15, 0.2) is 0 Å². The summed E-state index contributed by atoms with van der Waals surface area (Å²) in [5, 5.41) is 3.64. The molecule has 1 heterocycles. The minimum atomic E-state index is -3.08. The van der Waals surface area contributed by atoms with Crippen molar-refractivity contribution in [2.45, 2.75) is 51.4 Å². The van der Waals surface area contributed by atoms with Crippen molar-refractivity contribution in [3.8, 4) is 0 Å². The highest BCUT2D eigenvalue weighted by atomic mass is 32.2. The van der Waals surface area contributed by atoms with Gasteiger partial charge < -0.3 is 5.32 Å². The standard InChI is InChI=1S/C12H26N2O2S2/c1-10(2)13-6-5-9-18(15,16)14-7-8-17-12(4)11(14)3/h10-13H,5-9H2,1-4H3. The van der Waals surface area contributed by atoms with Gasteiger partial charge in [0.05, 0.1) is 5.75 Å². The monoisotopic (exact) mass is 294 g/mol. The molecule has 0 aliphatic carbocycles. The molecule has 0 spiro atoms. The molecule has 2 atom stereocenters. The summed E-state index contributed by atoms with van der Waals surface area (Å²) < 4.78 is 26.2. The lowest BCUT2D eigenvalue weighted by Crippen LogP contribution is -2.48. The molecule has 0 aromatic rings. The number of thioether (sulfide) groups is 1. The molecule has 0 radical (unpaired) electrons. The summed E-state index contributed by atoms with van der Waals surface area (Å²) in [5.41, 5.74) is 0. The van der Waals surface area contributed by atoms with Crippen molar-refractivity contribution in [3.63, 3.8) is 0 Å². The first-order valence-corrected chi connectivity index (χ1v) is 9.35. The average Bonchev–Trinajstić information content (AvgIpc) is 2.28. The van der Waals surface area contributed by atoms with Crippen molar-refractivity contribution in [2.24, 2.45) is 0 Å². The highest BCUT2D eigenvalue weighted by molar-refractivity contribution is 8.00. The minimum Gasteiger partial charge on any atom is -0.314 e. The molecule has 1 fully saturated rings. The third-order valence-electron chi connectivity index (χ3n) is 3.31. The zero-order valence-electron chi connectivity index (χ0n) is 11.8. The van der Waals surface area contributed by atoms with Gasteiger partial charge in [-0.25, -0.2) is 8.42 Å². The lowest BCUT2D eigenvalue weighted by Gasteiger charge is -2.36. The van der Waals surface area contributed by atoms with Gasteiger partial charge in [-0.2, -0.15) is 16.1 Å². The Labute approximate surface area is 116 Å². The lowest BCUT2D eigenvalue weighted by atomic mass is 10.2. The molecule has 1 N–H and O–H groups in total. The normalized spacial score (nSPS) is 26.7. The topological polar surface area (TPSA) is 49.4 Å². The fourth-order valence-corrected chi connectivity index (χ4v) is 5.15. The summed E-state index contributed by atoms with van der Waals surface area (Å²) >= 11 is 1.86. The summed E-state index contributed by atoms with van der Waals surface area (Å²) in [6.45, 7) is 9.69. The molecular formula is C12H26N2O2S2. The Morgan fingerprint density at radius 1 is 1.39 bits per heavy atom. The van der Waals surface area contributed by atoms with Gasteiger partial charge in [0, 0.05) is 29.6 Å². The van der Waals surface area contributed by atoms with Crippen molar-refractivity contribution in [2.75, 3.05) is 24.6 Å². The predicted octanol–water partition coefficient (Wildman–Crippen LogP) is 1.53. The van der Waals surface area contributed by atoms with Crippen LogP contribution in [0.1, 0.15) is 34.1 Å². The van der Waals surface area contributed by atoms with Crippen LogP contribution in [-0.2, 0) is 10.0 Å². The van der Waals surface area contributed by atoms with E-state index in [4.69, 9.17) is 0 Å². The number of nitrogens with one attached hydrogen (secondary N) is 1. The predicted molar refractivity (Wildman–Crippen MR) is 79.6 cm³/mol. The number of hydrogen-bond donors (Lipinski definition) is 1. The number of rotatable bonds is 6. The summed E-state index contributed by atoms with van der Waals surface area (Å²) in [6, 6.07) is 0.532. The first-order valence-electron chi connectivity index (χ1n) is 6.69. The molecule has 0 amide bonds. The van der Waals surface area contributed by atoms with E-state index in [1.165, 1.54) is 0 Å². The lowest BCUT2D eigenvalue weighted by molar-refractivity contribution is 0.339. The second kappa shape index (κ2) is 7.12. The third kappa shape index (κ3) is 4.72. The molecule has 1 saturated heterocycles. The molecule has 4 nitrogen and oxygen atoms in total. The van der Waals surface area contributed by atoms with Crippen molar-refractivity contribution in [1.29, 1.82) is 0 Å². The van der Waals surface area contributed by atoms with Crippen LogP contribution in [0.4, 0.5) is 0 Å². The van der Waals surface area contributed by atoms with Gasteiger partial charge in [-0.05, 0) is 19.9 Å². The number of sulfonamides is 1. The molecular weight excluding hydrogens is 268 g/mol. The largest absolute Gasteiger partial charge is 0.314 e. The zero-order chi connectivity index (χ0) is 13.8. The first-order chi connectivity index (χ1) is 8.34. The Morgan fingerprint density at radius 3 is 2.67 bits per heavy atom. The fourth-order valence-electron chi connectivity index (χ4n) is 2.06. The molecule has 1 rings (SSSR count). The second-order valence-electron chi connectivity index (χ2n) is 5.21. The van der Waals surface area contributed by atoms with Crippen molar-refractivity contribution in [3.05, 3.63) is 0 Å². The Morgan fingerprint density at radius 2 is 2.06 bits per heavy atom. The van der Waals surface area contributed by atoms with Gasteiger partial charge in [0.1, 0.15) is 0 Å². The van der Waals surface area contributed by atoms with Gasteiger partial charge in [-0.15, -0.1) is 0 Å². The maximum Gasteiger partial charge on any atom is 0.214 e. The van der Waals surface area contributed by atoms with Crippen LogP contribution >= 0.6 is 11.8 Å². The first kappa shape index (κ1) is 16.3. The highest BCUT2D eigenvalue weighted by Gasteiger charge is 2.33.